The van der Waals surface area contributed by atoms with Gasteiger partial charge < -0.3 is 29.0 Å². The summed E-state index contributed by atoms with van der Waals surface area (Å²) in [6.07, 6.45) is 1.51. The first-order chi connectivity index (χ1) is 17.1. The molecule has 0 radical (unpaired) electrons. The van der Waals surface area contributed by atoms with Crippen LogP contribution in [0, 0.1) is 11.3 Å². The molecule has 8 heteroatoms. The van der Waals surface area contributed by atoms with Crippen LogP contribution in [0.1, 0.15) is 16.7 Å². The number of carbonyl (C=O) groups excluding carboxylic acids is 1. The lowest BCUT2D eigenvalue weighted by Gasteiger charge is -2.12. The number of ether oxygens (including phenoxy) is 5. The van der Waals surface area contributed by atoms with E-state index in [-0.39, 0.29) is 18.9 Å². The molecular formula is C27H24N2O6. The Morgan fingerprint density at radius 1 is 0.971 bits per heavy atom. The first-order valence-corrected chi connectivity index (χ1v) is 10.8. The predicted octanol–water partition coefficient (Wildman–Crippen LogP) is 4.23. The molecule has 0 unspecified atom stereocenters. The summed E-state index contributed by atoms with van der Waals surface area (Å²) in [5.74, 6) is 2.68. The molecule has 1 heterocycles. The maximum atomic E-state index is 12.5. The van der Waals surface area contributed by atoms with Crippen LogP contribution in [-0.4, -0.2) is 26.9 Å². The van der Waals surface area contributed by atoms with Gasteiger partial charge in [-0.3, -0.25) is 4.79 Å². The molecule has 0 aromatic heterocycles. The molecule has 1 amide bonds. The van der Waals surface area contributed by atoms with E-state index in [1.54, 1.807) is 25.3 Å². The van der Waals surface area contributed by atoms with Gasteiger partial charge in [-0.1, -0.05) is 24.3 Å². The molecule has 0 atom stereocenters. The number of rotatable bonds is 9. The quantitative estimate of drug-likeness (QED) is 0.367. The molecule has 0 saturated carbocycles. The van der Waals surface area contributed by atoms with Gasteiger partial charge in [-0.2, -0.15) is 5.26 Å². The SMILES string of the molecule is COc1ccc(CNC(=O)/C(C#N)=C\c2ccc(OCc3ccc4c(c3)OCO4)c(OC)c2)cc1. The Labute approximate surface area is 203 Å². The molecule has 0 spiro atoms. The minimum absolute atomic E-state index is 0.0189. The van der Waals surface area contributed by atoms with E-state index >= 15 is 0 Å². The monoisotopic (exact) mass is 472 g/mol. The maximum absolute atomic E-state index is 12.5. The molecule has 1 aliphatic heterocycles. The van der Waals surface area contributed by atoms with Crippen LogP contribution < -0.4 is 29.0 Å². The summed E-state index contributed by atoms with van der Waals surface area (Å²) in [5, 5.41) is 12.3. The van der Waals surface area contributed by atoms with Gasteiger partial charge in [0.1, 0.15) is 24.0 Å². The lowest BCUT2D eigenvalue weighted by molar-refractivity contribution is -0.117. The van der Waals surface area contributed by atoms with Crippen LogP contribution in [0.25, 0.3) is 6.08 Å². The molecule has 0 aliphatic carbocycles. The number of carbonyl (C=O) groups is 1. The van der Waals surface area contributed by atoms with E-state index in [1.807, 2.05) is 48.5 Å². The van der Waals surface area contributed by atoms with Crippen LogP contribution in [-0.2, 0) is 17.9 Å². The fourth-order valence-electron chi connectivity index (χ4n) is 3.42. The van der Waals surface area contributed by atoms with Crippen LogP contribution in [0.2, 0.25) is 0 Å². The highest BCUT2D eigenvalue weighted by Crippen LogP contribution is 2.34. The third-order valence-electron chi connectivity index (χ3n) is 5.31. The van der Waals surface area contributed by atoms with Crippen molar-refractivity contribution in [2.75, 3.05) is 21.0 Å². The van der Waals surface area contributed by atoms with E-state index in [4.69, 9.17) is 23.7 Å². The standard InChI is InChI=1S/C27H24N2O6/c1-31-22-7-3-18(4-8-22)15-29-27(30)21(14-28)11-19-5-9-23(25(12-19)32-2)33-16-20-6-10-24-26(13-20)35-17-34-24/h3-13H,15-17H2,1-2H3,(H,29,30)/b21-11-. The molecule has 8 nitrogen and oxygen atoms in total. The third-order valence-corrected chi connectivity index (χ3v) is 5.31. The van der Waals surface area contributed by atoms with Crippen molar-refractivity contribution < 1.29 is 28.5 Å². The highest BCUT2D eigenvalue weighted by molar-refractivity contribution is 6.01. The Kier molecular flexibility index (Phi) is 7.38. The number of nitriles is 1. The van der Waals surface area contributed by atoms with Crippen molar-refractivity contribution in [1.29, 1.82) is 5.26 Å². The number of nitrogens with one attached hydrogen (secondary N) is 1. The molecule has 3 aromatic rings. The molecular weight excluding hydrogens is 448 g/mol. The molecule has 4 rings (SSSR count). The molecule has 0 saturated heterocycles. The van der Waals surface area contributed by atoms with Crippen LogP contribution in [0.3, 0.4) is 0 Å². The summed E-state index contributed by atoms with van der Waals surface area (Å²) in [7, 11) is 3.12. The summed E-state index contributed by atoms with van der Waals surface area (Å²) in [5.41, 5.74) is 2.42. The molecule has 1 aliphatic rings. The van der Waals surface area contributed by atoms with Crippen molar-refractivity contribution in [3.05, 3.63) is 82.9 Å². The second-order valence-corrected chi connectivity index (χ2v) is 7.59. The first kappa shape index (κ1) is 23.5. The summed E-state index contributed by atoms with van der Waals surface area (Å²) in [6, 6.07) is 20.1. The highest BCUT2D eigenvalue weighted by Gasteiger charge is 2.14. The van der Waals surface area contributed by atoms with E-state index in [9.17, 15) is 10.1 Å². The molecule has 1 N–H and O–H groups in total. The van der Waals surface area contributed by atoms with Gasteiger partial charge in [-0.15, -0.1) is 0 Å². The van der Waals surface area contributed by atoms with Crippen molar-refractivity contribution in [2.24, 2.45) is 0 Å². The molecule has 0 bridgehead atoms. The normalized spacial score (nSPS) is 12.0. The van der Waals surface area contributed by atoms with E-state index in [0.29, 0.717) is 35.2 Å². The zero-order chi connectivity index (χ0) is 24.6. The van der Waals surface area contributed by atoms with Gasteiger partial charge in [0.2, 0.25) is 6.79 Å². The largest absolute Gasteiger partial charge is 0.497 e. The summed E-state index contributed by atoms with van der Waals surface area (Å²) < 4.78 is 27.2. The maximum Gasteiger partial charge on any atom is 0.262 e. The minimum Gasteiger partial charge on any atom is -0.497 e. The molecule has 3 aromatic carbocycles. The average molecular weight is 472 g/mol. The average Bonchev–Trinajstić information content (AvgIpc) is 3.37. The molecule has 0 fully saturated rings. The number of methoxy groups -OCH3 is 2. The second-order valence-electron chi connectivity index (χ2n) is 7.59. The fourth-order valence-corrected chi connectivity index (χ4v) is 3.42. The van der Waals surface area contributed by atoms with Crippen LogP contribution in [0.5, 0.6) is 28.7 Å². The van der Waals surface area contributed by atoms with Crippen LogP contribution in [0.15, 0.2) is 66.2 Å². The number of hydrogen-bond acceptors (Lipinski definition) is 7. The number of nitrogens with zero attached hydrogens (tertiary/aromatic N) is 1. The second kappa shape index (κ2) is 11.0. The van der Waals surface area contributed by atoms with E-state index < -0.39 is 5.91 Å². The lowest BCUT2D eigenvalue weighted by atomic mass is 10.1. The highest BCUT2D eigenvalue weighted by atomic mass is 16.7. The summed E-state index contributed by atoms with van der Waals surface area (Å²) in [6.45, 7) is 0.809. The fraction of sp³-hybridized carbons (Fsp3) is 0.185. The Balaban J connectivity index is 1.41. The molecule has 35 heavy (non-hydrogen) atoms. The van der Waals surface area contributed by atoms with Gasteiger partial charge in [0, 0.05) is 6.54 Å². The van der Waals surface area contributed by atoms with Crippen molar-refractivity contribution in [2.45, 2.75) is 13.2 Å². The lowest BCUT2D eigenvalue weighted by Crippen LogP contribution is -2.23. The van der Waals surface area contributed by atoms with E-state index in [2.05, 4.69) is 5.32 Å². The van der Waals surface area contributed by atoms with Gasteiger partial charge in [0.15, 0.2) is 23.0 Å². The Bertz CT molecular complexity index is 1280. The van der Waals surface area contributed by atoms with E-state index in [1.165, 1.54) is 13.2 Å². The van der Waals surface area contributed by atoms with Crippen molar-refractivity contribution in [1.82, 2.24) is 5.32 Å². The van der Waals surface area contributed by atoms with Gasteiger partial charge in [0.05, 0.1) is 14.2 Å². The number of benzene rings is 3. The Hall–Kier alpha value is -4.64. The number of amides is 1. The van der Waals surface area contributed by atoms with Crippen molar-refractivity contribution >= 4 is 12.0 Å². The minimum atomic E-state index is -0.467. The Morgan fingerprint density at radius 2 is 1.74 bits per heavy atom. The van der Waals surface area contributed by atoms with Gasteiger partial charge in [-0.05, 0) is 59.2 Å². The Morgan fingerprint density at radius 3 is 2.49 bits per heavy atom. The third kappa shape index (κ3) is 5.84. The summed E-state index contributed by atoms with van der Waals surface area (Å²) >= 11 is 0. The van der Waals surface area contributed by atoms with Crippen LogP contribution in [0.4, 0.5) is 0 Å². The summed E-state index contributed by atoms with van der Waals surface area (Å²) in [4.78, 5) is 12.5. The van der Waals surface area contributed by atoms with Crippen molar-refractivity contribution in [3.63, 3.8) is 0 Å². The predicted molar refractivity (Wildman–Crippen MR) is 128 cm³/mol. The van der Waals surface area contributed by atoms with Crippen LogP contribution >= 0.6 is 0 Å². The zero-order valence-electron chi connectivity index (χ0n) is 19.4. The van der Waals surface area contributed by atoms with Gasteiger partial charge in [0.25, 0.3) is 5.91 Å². The van der Waals surface area contributed by atoms with E-state index in [0.717, 1.165) is 16.9 Å². The number of fused-ring (bicyclic) bond motifs is 1. The van der Waals surface area contributed by atoms with Crippen molar-refractivity contribution in [3.8, 4) is 34.8 Å². The number of hydrogen-bond donors (Lipinski definition) is 1. The first-order valence-electron chi connectivity index (χ1n) is 10.8. The molecule has 178 valence electrons. The smallest absolute Gasteiger partial charge is 0.262 e. The zero-order valence-corrected chi connectivity index (χ0v) is 19.4. The van der Waals surface area contributed by atoms with Gasteiger partial charge >= 0.3 is 0 Å². The topological polar surface area (TPSA) is 99.0 Å². The van der Waals surface area contributed by atoms with Gasteiger partial charge in [-0.25, -0.2) is 0 Å².